The van der Waals surface area contributed by atoms with Crippen LogP contribution in [0.15, 0.2) is 54.1 Å². The number of carbonyl (C=O) groups is 2. The molecule has 1 amide bonds. The van der Waals surface area contributed by atoms with E-state index in [1.165, 1.54) is 4.90 Å². The molecule has 6 nitrogen and oxygen atoms in total. The molecule has 2 fully saturated rings. The van der Waals surface area contributed by atoms with Gasteiger partial charge in [-0.3, -0.25) is 14.5 Å². The van der Waals surface area contributed by atoms with Crippen LogP contribution in [0.3, 0.4) is 0 Å². The fraction of sp³-hybridized carbons (Fsp3) is 0.333. The van der Waals surface area contributed by atoms with Crippen LogP contribution in [0, 0.1) is 0 Å². The minimum Gasteiger partial charge on any atom is -0.507 e. The van der Waals surface area contributed by atoms with Crippen LogP contribution in [-0.4, -0.2) is 66.0 Å². The molecule has 0 unspecified atom stereocenters. The average Bonchev–Trinajstić information content (AvgIpc) is 3.05. The first kappa shape index (κ1) is 22.8. The molecule has 32 heavy (non-hydrogen) atoms. The molecule has 2 aliphatic rings. The maximum Gasteiger partial charge on any atom is 0.295 e. The summed E-state index contributed by atoms with van der Waals surface area (Å²) in [7, 11) is 0. The quantitative estimate of drug-likeness (QED) is 0.387. The van der Waals surface area contributed by atoms with E-state index in [0.717, 1.165) is 19.6 Å². The molecule has 0 radical (unpaired) electrons. The van der Waals surface area contributed by atoms with Crippen molar-refractivity contribution in [3.8, 4) is 0 Å². The van der Waals surface area contributed by atoms with Crippen LogP contribution in [-0.2, 0) is 14.3 Å². The third kappa shape index (κ3) is 4.69. The Balaban J connectivity index is 1.69. The molecule has 8 heteroatoms. The number of hydrogen-bond acceptors (Lipinski definition) is 5. The Hall–Kier alpha value is -2.38. The summed E-state index contributed by atoms with van der Waals surface area (Å²) in [5.41, 5.74) is 1.06. The average molecular weight is 475 g/mol. The first-order valence-corrected chi connectivity index (χ1v) is 11.3. The first-order chi connectivity index (χ1) is 15.5. The number of Topliss-reactive ketones (excluding diaryl/α,β-unsaturated/α-hetero) is 1. The lowest BCUT2D eigenvalue weighted by atomic mass is 9.95. The van der Waals surface area contributed by atoms with Crippen molar-refractivity contribution in [3.63, 3.8) is 0 Å². The predicted octanol–water partition coefficient (Wildman–Crippen LogP) is 4.14. The maximum absolute atomic E-state index is 13.1. The van der Waals surface area contributed by atoms with Gasteiger partial charge in [0.2, 0.25) is 0 Å². The number of likely N-dealkylation sites (tertiary alicyclic amines) is 1. The zero-order valence-corrected chi connectivity index (χ0v) is 19.0. The van der Waals surface area contributed by atoms with Crippen molar-refractivity contribution < 1.29 is 19.4 Å². The minimum absolute atomic E-state index is 0.0387. The number of hydrogen-bond donors (Lipinski definition) is 1. The van der Waals surface area contributed by atoms with E-state index in [2.05, 4.69) is 4.90 Å². The van der Waals surface area contributed by atoms with Gasteiger partial charge in [-0.05, 0) is 24.1 Å². The van der Waals surface area contributed by atoms with Gasteiger partial charge in [-0.1, -0.05) is 59.6 Å². The molecule has 2 saturated heterocycles. The highest BCUT2D eigenvalue weighted by molar-refractivity contribution is 6.47. The molecule has 0 aliphatic carbocycles. The van der Waals surface area contributed by atoms with Crippen LogP contribution >= 0.6 is 23.2 Å². The Morgan fingerprint density at radius 1 is 1.03 bits per heavy atom. The number of ketones is 1. The second-order valence-corrected chi connectivity index (χ2v) is 8.68. The second-order valence-electron chi connectivity index (χ2n) is 7.83. The highest BCUT2D eigenvalue weighted by Crippen LogP contribution is 2.42. The molecular formula is C24H24Cl2N2O4. The number of aliphatic hydroxyl groups excluding tert-OH is 1. The summed E-state index contributed by atoms with van der Waals surface area (Å²) in [5.74, 6) is -1.56. The number of rotatable bonds is 6. The zero-order valence-electron chi connectivity index (χ0n) is 17.5. The van der Waals surface area contributed by atoms with E-state index in [4.69, 9.17) is 27.9 Å². The summed E-state index contributed by atoms with van der Waals surface area (Å²) in [6, 6.07) is 12.9. The molecule has 0 bridgehead atoms. The van der Waals surface area contributed by atoms with E-state index in [-0.39, 0.29) is 11.3 Å². The second kappa shape index (κ2) is 10.0. The fourth-order valence-electron chi connectivity index (χ4n) is 4.20. The molecule has 4 rings (SSSR count). The highest BCUT2D eigenvalue weighted by atomic mass is 35.5. The van der Waals surface area contributed by atoms with Crippen molar-refractivity contribution in [3.05, 3.63) is 75.3 Å². The summed E-state index contributed by atoms with van der Waals surface area (Å²) in [6.07, 6.45) is 0.681. The number of benzene rings is 2. The lowest BCUT2D eigenvalue weighted by Gasteiger charge is -2.29. The number of morpholine rings is 1. The van der Waals surface area contributed by atoms with E-state index < -0.39 is 17.7 Å². The summed E-state index contributed by atoms with van der Waals surface area (Å²) in [5, 5.41) is 11.8. The van der Waals surface area contributed by atoms with Crippen LogP contribution < -0.4 is 0 Å². The van der Waals surface area contributed by atoms with Gasteiger partial charge in [0.05, 0.1) is 24.8 Å². The molecule has 168 valence electrons. The van der Waals surface area contributed by atoms with Gasteiger partial charge in [-0.15, -0.1) is 0 Å². The molecule has 1 atom stereocenters. The molecule has 0 saturated carbocycles. The van der Waals surface area contributed by atoms with Gasteiger partial charge in [0.15, 0.2) is 0 Å². The van der Waals surface area contributed by atoms with Crippen molar-refractivity contribution in [2.45, 2.75) is 12.5 Å². The number of amides is 1. The minimum atomic E-state index is -0.787. The number of carbonyl (C=O) groups excluding carboxylic acids is 2. The van der Waals surface area contributed by atoms with Crippen molar-refractivity contribution >= 4 is 40.7 Å². The number of ether oxygens (including phenoxy) is 1. The Morgan fingerprint density at radius 2 is 1.75 bits per heavy atom. The van der Waals surface area contributed by atoms with Crippen LogP contribution in [0.25, 0.3) is 5.76 Å². The summed E-state index contributed by atoms with van der Waals surface area (Å²) >= 11 is 12.6. The van der Waals surface area contributed by atoms with Gasteiger partial charge in [-0.25, -0.2) is 0 Å². The fourth-order valence-corrected chi connectivity index (χ4v) is 4.71. The lowest BCUT2D eigenvalue weighted by Crippen LogP contribution is -2.39. The van der Waals surface area contributed by atoms with E-state index in [9.17, 15) is 14.7 Å². The van der Waals surface area contributed by atoms with Gasteiger partial charge >= 0.3 is 0 Å². The van der Waals surface area contributed by atoms with Crippen molar-refractivity contribution in [2.24, 2.45) is 0 Å². The number of halogens is 2. The zero-order chi connectivity index (χ0) is 22.7. The van der Waals surface area contributed by atoms with Crippen LogP contribution in [0.5, 0.6) is 0 Å². The van der Waals surface area contributed by atoms with Gasteiger partial charge < -0.3 is 14.7 Å². The van der Waals surface area contributed by atoms with Gasteiger partial charge in [0.25, 0.3) is 11.7 Å². The summed E-state index contributed by atoms with van der Waals surface area (Å²) in [4.78, 5) is 29.9. The Morgan fingerprint density at radius 3 is 2.44 bits per heavy atom. The van der Waals surface area contributed by atoms with Crippen LogP contribution in [0.4, 0.5) is 0 Å². The smallest absolute Gasteiger partial charge is 0.295 e. The van der Waals surface area contributed by atoms with Gasteiger partial charge in [0, 0.05) is 41.8 Å². The summed E-state index contributed by atoms with van der Waals surface area (Å²) in [6.45, 7) is 4.23. The van der Waals surface area contributed by atoms with Crippen molar-refractivity contribution in [1.82, 2.24) is 9.80 Å². The largest absolute Gasteiger partial charge is 0.507 e. The molecule has 2 aliphatic heterocycles. The number of aliphatic hydroxyl groups is 1. The predicted molar refractivity (Wildman–Crippen MR) is 124 cm³/mol. The van der Waals surface area contributed by atoms with Gasteiger partial charge in [-0.2, -0.15) is 0 Å². The monoisotopic (exact) mass is 474 g/mol. The topological polar surface area (TPSA) is 70.1 Å². The van der Waals surface area contributed by atoms with Gasteiger partial charge in [0.1, 0.15) is 5.76 Å². The third-order valence-electron chi connectivity index (χ3n) is 5.82. The van der Waals surface area contributed by atoms with E-state index in [0.29, 0.717) is 47.4 Å². The Bertz CT molecular complexity index is 1040. The maximum atomic E-state index is 13.1. The van der Waals surface area contributed by atoms with E-state index in [1.54, 1.807) is 42.5 Å². The van der Waals surface area contributed by atoms with Crippen molar-refractivity contribution in [1.29, 1.82) is 0 Å². The number of nitrogens with zero attached hydrogens (tertiary/aromatic N) is 2. The third-order valence-corrected chi connectivity index (χ3v) is 6.38. The lowest BCUT2D eigenvalue weighted by molar-refractivity contribution is -0.140. The standard InChI is InChI=1S/C24H24Cl2N2O4/c25-17-7-8-18(19(26)15-17)21-20(22(29)16-5-2-1-3-6-16)23(30)24(31)28(21)10-4-9-27-11-13-32-14-12-27/h1-3,5-8,15,21,29H,4,9-14H2/t21-/m0/s1. The molecule has 0 spiro atoms. The van der Waals surface area contributed by atoms with Crippen molar-refractivity contribution in [2.75, 3.05) is 39.4 Å². The Kier molecular flexibility index (Phi) is 7.16. The molecule has 2 aromatic rings. The van der Waals surface area contributed by atoms with Crippen LogP contribution in [0.2, 0.25) is 10.0 Å². The molecule has 2 aromatic carbocycles. The van der Waals surface area contributed by atoms with Crippen LogP contribution in [0.1, 0.15) is 23.6 Å². The Labute approximate surface area is 197 Å². The summed E-state index contributed by atoms with van der Waals surface area (Å²) < 4.78 is 5.38. The normalized spacial score (nSPS) is 21.3. The SMILES string of the molecule is O=C1C(=O)N(CCCN2CCOCC2)[C@@H](c2ccc(Cl)cc2Cl)C1=C(O)c1ccccc1. The highest BCUT2D eigenvalue weighted by Gasteiger charge is 2.46. The molecule has 1 N–H and O–H groups in total. The first-order valence-electron chi connectivity index (χ1n) is 10.6. The molecule has 2 heterocycles. The molecule has 0 aromatic heterocycles. The molecular weight excluding hydrogens is 451 g/mol. The van der Waals surface area contributed by atoms with E-state index >= 15 is 0 Å². The van der Waals surface area contributed by atoms with E-state index in [1.807, 2.05) is 6.07 Å².